The van der Waals surface area contributed by atoms with Gasteiger partial charge in [0.05, 0.1) is 17.6 Å². The van der Waals surface area contributed by atoms with E-state index in [2.05, 4.69) is 29.5 Å². The molecule has 1 aromatic carbocycles. The first-order chi connectivity index (χ1) is 8.79. The SMILES string of the molecule is CCCOc1ccc2c(c1)nc1n2CCCN1C. The van der Waals surface area contributed by atoms with E-state index in [0.29, 0.717) is 0 Å². The molecular weight excluding hydrogens is 226 g/mol. The molecule has 0 radical (unpaired) electrons. The van der Waals surface area contributed by atoms with Crippen LogP contribution in [0.25, 0.3) is 11.0 Å². The molecule has 0 unspecified atom stereocenters. The Morgan fingerprint density at radius 1 is 1.33 bits per heavy atom. The average Bonchev–Trinajstić information content (AvgIpc) is 2.76. The molecule has 0 fully saturated rings. The smallest absolute Gasteiger partial charge is 0.206 e. The van der Waals surface area contributed by atoms with Gasteiger partial charge >= 0.3 is 0 Å². The first kappa shape index (κ1) is 11.4. The van der Waals surface area contributed by atoms with Gasteiger partial charge in [0.25, 0.3) is 0 Å². The summed E-state index contributed by atoms with van der Waals surface area (Å²) in [7, 11) is 2.10. The third-order valence-corrected chi connectivity index (χ3v) is 3.39. The van der Waals surface area contributed by atoms with Gasteiger partial charge in [-0.25, -0.2) is 4.98 Å². The molecule has 18 heavy (non-hydrogen) atoms. The predicted octanol–water partition coefficient (Wildman–Crippen LogP) is 2.67. The molecule has 0 atom stereocenters. The number of rotatable bonds is 3. The number of anilines is 1. The van der Waals surface area contributed by atoms with E-state index in [4.69, 9.17) is 9.72 Å². The monoisotopic (exact) mass is 245 g/mol. The minimum absolute atomic E-state index is 0.763. The van der Waals surface area contributed by atoms with Gasteiger partial charge in [0.1, 0.15) is 5.75 Å². The molecule has 4 nitrogen and oxygen atoms in total. The van der Waals surface area contributed by atoms with Gasteiger partial charge in [-0.05, 0) is 25.0 Å². The minimum atomic E-state index is 0.763. The van der Waals surface area contributed by atoms with Crippen LogP contribution in [-0.4, -0.2) is 29.8 Å². The number of imidazole rings is 1. The lowest BCUT2D eigenvalue weighted by molar-refractivity contribution is 0.318. The largest absolute Gasteiger partial charge is 0.494 e. The lowest BCUT2D eigenvalue weighted by atomic mass is 10.3. The van der Waals surface area contributed by atoms with Gasteiger partial charge in [-0.2, -0.15) is 0 Å². The third-order valence-electron chi connectivity index (χ3n) is 3.39. The fourth-order valence-electron chi connectivity index (χ4n) is 2.48. The highest BCUT2D eigenvalue weighted by Gasteiger charge is 2.18. The molecule has 4 heteroatoms. The highest BCUT2D eigenvalue weighted by atomic mass is 16.5. The molecule has 0 amide bonds. The van der Waals surface area contributed by atoms with Gasteiger partial charge in [-0.15, -0.1) is 0 Å². The van der Waals surface area contributed by atoms with E-state index >= 15 is 0 Å². The van der Waals surface area contributed by atoms with Crippen molar-refractivity contribution in [3.63, 3.8) is 0 Å². The van der Waals surface area contributed by atoms with Crippen molar-refractivity contribution in [3.8, 4) is 5.75 Å². The zero-order valence-corrected chi connectivity index (χ0v) is 11.0. The Hall–Kier alpha value is -1.71. The molecule has 1 aliphatic rings. The molecule has 0 spiro atoms. The van der Waals surface area contributed by atoms with E-state index in [1.165, 1.54) is 11.9 Å². The summed E-state index contributed by atoms with van der Waals surface area (Å²) in [6.07, 6.45) is 2.21. The van der Waals surface area contributed by atoms with Crippen LogP contribution in [0, 0.1) is 0 Å². The van der Waals surface area contributed by atoms with E-state index in [-0.39, 0.29) is 0 Å². The molecular formula is C14H19N3O. The second-order valence-corrected chi connectivity index (χ2v) is 4.84. The molecule has 0 saturated carbocycles. The average molecular weight is 245 g/mol. The van der Waals surface area contributed by atoms with Gasteiger partial charge < -0.3 is 14.2 Å². The quantitative estimate of drug-likeness (QED) is 0.832. The van der Waals surface area contributed by atoms with Crippen molar-refractivity contribution in [2.24, 2.45) is 0 Å². The predicted molar refractivity (Wildman–Crippen MR) is 73.4 cm³/mol. The molecule has 1 aromatic heterocycles. The summed E-state index contributed by atoms with van der Waals surface area (Å²) >= 11 is 0. The molecule has 3 rings (SSSR count). The summed E-state index contributed by atoms with van der Waals surface area (Å²) in [5, 5.41) is 0. The van der Waals surface area contributed by atoms with Crippen LogP contribution >= 0.6 is 0 Å². The van der Waals surface area contributed by atoms with Crippen molar-refractivity contribution >= 4 is 17.0 Å². The summed E-state index contributed by atoms with van der Waals surface area (Å²) in [6.45, 7) is 5.02. The molecule has 96 valence electrons. The Kier molecular flexibility index (Phi) is 2.86. The van der Waals surface area contributed by atoms with Crippen LogP contribution in [0.5, 0.6) is 5.75 Å². The van der Waals surface area contributed by atoms with E-state index in [1.807, 2.05) is 12.1 Å². The molecule has 1 aliphatic heterocycles. The highest BCUT2D eigenvalue weighted by molar-refractivity contribution is 5.80. The number of benzene rings is 1. The Balaban J connectivity index is 2.02. The maximum absolute atomic E-state index is 5.66. The molecule has 0 saturated heterocycles. The van der Waals surface area contributed by atoms with Crippen LogP contribution < -0.4 is 9.64 Å². The van der Waals surface area contributed by atoms with Crippen LogP contribution in [0.15, 0.2) is 18.2 Å². The number of fused-ring (bicyclic) bond motifs is 3. The molecule has 0 N–H and O–H groups in total. The molecule has 0 bridgehead atoms. The van der Waals surface area contributed by atoms with E-state index in [9.17, 15) is 0 Å². The maximum Gasteiger partial charge on any atom is 0.206 e. The standard InChI is InChI=1S/C14H19N3O/c1-3-9-18-11-5-6-13-12(10-11)15-14-16(2)7-4-8-17(13)14/h5-6,10H,3-4,7-9H2,1-2H3. The van der Waals surface area contributed by atoms with Crippen molar-refractivity contribution in [1.29, 1.82) is 0 Å². The van der Waals surface area contributed by atoms with Gasteiger partial charge in [-0.3, -0.25) is 0 Å². The van der Waals surface area contributed by atoms with Crippen LogP contribution in [0.3, 0.4) is 0 Å². The van der Waals surface area contributed by atoms with E-state index < -0.39 is 0 Å². The Labute approximate surface area is 107 Å². The topological polar surface area (TPSA) is 30.3 Å². The van der Waals surface area contributed by atoms with Crippen molar-refractivity contribution in [1.82, 2.24) is 9.55 Å². The van der Waals surface area contributed by atoms with E-state index in [1.54, 1.807) is 0 Å². The number of nitrogens with zero attached hydrogens (tertiary/aromatic N) is 3. The van der Waals surface area contributed by atoms with Gasteiger partial charge in [-0.1, -0.05) is 6.92 Å². The lowest BCUT2D eigenvalue weighted by Crippen LogP contribution is -2.28. The molecule has 2 heterocycles. The van der Waals surface area contributed by atoms with Crippen molar-refractivity contribution < 1.29 is 4.74 Å². The second kappa shape index (κ2) is 4.52. The number of aryl methyl sites for hydroxylation is 1. The lowest BCUT2D eigenvalue weighted by Gasteiger charge is -2.24. The van der Waals surface area contributed by atoms with Gasteiger partial charge in [0.2, 0.25) is 5.95 Å². The first-order valence-electron chi connectivity index (χ1n) is 6.64. The second-order valence-electron chi connectivity index (χ2n) is 4.84. The fourth-order valence-corrected chi connectivity index (χ4v) is 2.48. The van der Waals surface area contributed by atoms with Crippen molar-refractivity contribution in [2.75, 3.05) is 25.1 Å². The zero-order chi connectivity index (χ0) is 12.5. The summed E-state index contributed by atoms with van der Waals surface area (Å²) < 4.78 is 7.95. The number of hydrogen-bond acceptors (Lipinski definition) is 3. The number of aromatic nitrogens is 2. The van der Waals surface area contributed by atoms with Crippen LogP contribution in [-0.2, 0) is 6.54 Å². The van der Waals surface area contributed by atoms with Crippen molar-refractivity contribution in [3.05, 3.63) is 18.2 Å². The van der Waals surface area contributed by atoms with Crippen LogP contribution in [0.1, 0.15) is 19.8 Å². The Morgan fingerprint density at radius 3 is 3.06 bits per heavy atom. The number of hydrogen-bond donors (Lipinski definition) is 0. The fraction of sp³-hybridized carbons (Fsp3) is 0.500. The van der Waals surface area contributed by atoms with Gasteiger partial charge in [0.15, 0.2) is 0 Å². The molecule has 0 aliphatic carbocycles. The van der Waals surface area contributed by atoms with Crippen LogP contribution in [0.2, 0.25) is 0 Å². The maximum atomic E-state index is 5.66. The Morgan fingerprint density at radius 2 is 2.22 bits per heavy atom. The number of ether oxygens (including phenoxy) is 1. The summed E-state index contributed by atoms with van der Waals surface area (Å²) in [5.74, 6) is 1.99. The summed E-state index contributed by atoms with van der Waals surface area (Å²) in [6, 6.07) is 6.21. The molecule has 2 aromatic rings. The van der Waals surface area contributed by atoms with Crippen LogP contribution in [0.4, 0.5) is 5.95 Å². The summed E-state index contributed by atoms with van der Waals surface area (Å²) in [4.78, 5) is 6.93. The first-order valence-corrected chi connectivity index (χ1v) is 6.64. The van der Waals surface area contributed by atoms with Gasteiger partial charge in [0, 0.05) is 26.2 Å². The Bertz CT molecular complexity index is 561. The van der Waals surface area contributed by atoms with Crippen molar-refractivity contribution in [2.45, 2.75) is 26.3 Å². The highest BCUT2D eigenvalue weighted by Crippen LogP contribution is 2.28. The summed E-state index contributed by atoms with van der Waals surface area (Å²) in [5.41, 5.74) is 2.24. The van der Waals surface area contributed by atoms with E-state index in [0.717, 1.165) is 43.3 Å². The third kappa shape index (κ3) is 1.82. The minimum Gasteiger partial charge on any atom is -0.494 e. The normalized spacial score (nSPS) is 14.9. The zero-order valence-electron chi connectivity index (χ0n) is 11.0.